The Bertz CT molecular complexity index is 1390. The number of ether oxygens (including phenoxy) is 3. The molecule has 1 fully saturated rings. The highest BCUT2D eigenvalue weighted by molar-refractivity contribution is 5.95. The van der Waals surface area contributed by atoms with E-state index in [9.17, 15) is 9.90 Å². The van der Waals surface area contributed by atoms with Gasteiger partial charge in [-0.25, -0.2) is 4.79 Å². The van der Waals surface area contributed by atoms with Gasteiger partial charge in [0.15, 0.2) is 11.5 Å². The van der Waals surface area contributed by atoms with Gasteiger partial charge in [-0.3, -0.25) is 0 Å². The fourth-order valence-corrected chi connectivity index (χ4v) is 4.62. The van der Waals surface area contributed by atoms with Crippen molar-refractivity contribution in [3.05, 3.63) is 95.6 Å². The fourth-order valence-electron chi connectivity index (χ4n) is 4.62. The Kier molecular flexibility index (Phi) is 7.42. The summed E-state index contributed by atoms with van der Waals surface area (Å²) in [5.74, 6) is 0.371. The highest BCUT2D eigenvalue weighted by atomic mass is 16.5. The average Bonchev–Trinajstić information content (AvgIpc) is 2.95. The number of nitrogens with zero attached hydrogens (tertiary/aromatic N) is 1. The van der Waals surface area contributed by atoms with Crippen LogP contribution in [-0.4, -0.2) is 44.5 Å². The predicted octanol–water partition coefficient (Wildman–Crippen LogP) is 5.57. The third-order valence-corrected chi connectivity index (χ3v) is 6.57. The van der Waals surface area contributed by atoms with Crippen LogP contribution in [-0.2, 0) is 17.9 Å². The van der Waals surface area contributed by atoms with Crippen LogP contribution in [0.4, 0.5) is 11.4 Å². The van der Waals surface area contributed by atoms with Gasteiger partial charge in [-0.15, -0.1) is 0 Å². The molecule has 1 aliphatic heterocycles. The van der Waals surface area contributed by atoms with Gasteiger partial charge in [0.2, 0.25) is 0 Å². The third-order valence-electron chi connectivity index (χ3n) is 6.57. The highest BCUT2D eigenvalue weighted by Gasteiger charge is 2.19. The van der Waals surface area contributed by atoms with Gasteiger partial charge < -0.3 is 29.5 Å². The Morgan fingerprint density at radius 1 is 0.973 bits per heavy atom. The van der Waals surface area contributed by atoms with E-state index in [1.54, 1.807) is 13.2 Å². The van der Waals surface area contributed by atoms with Crippen molar-refractivity contribution in [1.82, 2.24) is 0 Å². The Morgan fingerprint density at radius 3 is 2.59 bits per heavy atom. The van der Waals surface area contributed by atoms with Crippen LogP contribution in [0.1, 0.15) is 21.5 Å². The lowest BCUT2D eigenvalue weighted by atomic mass is 10.1. The zero-order valence-electron chi connectivity index (χ0n) is 20.8. The van der Waals surface area contributed by atoms with E-state index in [0.717, 1.165) is 22.5 Å². The largest absolute Gasteiger partial charge is 0.493 e. The summed E-state index contributed by atoms with van der Waals surface area (Å²) in [6, 6.07) is 25.7. The number of rotatable bonds is 9. The summed E-state index contributed by atoms with van der Waals surface area (Å²) in [5.41, 5.74) is 3.84. The van der Waals surface area contributed by atoms with E-state index in [-0.39, 0.29) is 5.56 Å². The maximum Gasteiger partial charge on any atom is 0.337 e. The molecule has 0 atom stereocenters. The van der Waals surface area contributed by atoms with Crippen LogP contribution in [0.25, 0.3) is 10.8 Å². The van der Waals surface area contributed by atoms with E-state index in [1.807, 2.05) is 48.5 Å². The summed E-state index contributed by atoms with van der Waals surface area (Å²) in [7, 11) is 1.63. The van der Waals surface area contributed by atoms with Gasteiger partial charge in [0.25, 0.3) is 0 Å². The van der Waals surface area contributed by atoms with E-state index in [1.165, 1.54) is 10.8 Å². The minimum atomic E-state index is -0.945. The van der Waals surface area contributed by atoms with Crippen LogP contribution < -0.4 is 19.7 Å². The van der Waals surface area contributed by atoms with Crippen molar-refractivity contribution in [3.63, 3.8) is 0 Å². The van der Waals surface area contributed by atoms with Gasteiger partial charge in [0, 0.05) is 25.3 Å². The van der Waals surface area contributed by atoms with Crippen molar-refractivity contribution in [2.24, 2.45) is 0 Å². The number of aromatic carboxylic acids is 1. The summed E-state index contributed by atoms with van der Waals surface area (Å²) < 4.78 is 17.1. The topological polar surface area (TPSA) is 80.3 Å². The number of fused-ring (bicyclic) bond motifs is 1. The molecule has 1 aliphatic rings. The van der Waals surface area contributed by atoms with Gasteiger partial charge in [0.1, 0.15) is 6.61 Å². The van der Waals surface area contributed by atoms with Gasteiger partial charge in [-0.05, 0) is 52.2 Å². The van der Waals surface area contributed by atoms with Gasteiger partial charge in [0.05, 0.1) is 31.6 Å². The van der Waals surface area contributed by atoms with Gasteiger partial charge in [-0.1, -0.05) is 48.5 Å². The van der Waals surface area contributed by atoms with E-state index >= 15 is 0 Å². The summed E-state index contributed by atoms with van der Waals surface area (Å²) >= 11 is 0. The zero-order valence-corrected chi connectivity index (χ0v) is 20.8. The molecule has 0 aromatic heterocycles. The van der Waals surface area contributed by atoms with Crippen molar-refractivity contribution in [2.75, 3.05) is 43.6 Å². The lowest BCUT2D eigenvalue weighted by Crippen LogP contribution is -2.37. The molecule has 1 heterocycles. The standard InChI is InChI=1S/C30H30N2O5/c1-35-29-17-21(9-12-28(29)37-20-23-7-4-6-22-5-2-3-8-25(22)23)19-31-24-10-11-27(26(18-24)30(33)34)32-13-15-36-16-14-32/h2-12,17-18,31H,13-16,19-20H2,1H3,(H,33,34). The predicted molar refractivity (Wildman–Crippen MR) is 145 cm³/mol. The van der Waals surface area contributed by atoms with Crippen molar-refractivity contribution in [1.29, 1.82) is 0 Å². The lowest BCUT2D eigenvalue weighted by molar-refractivity contribution is 0.0696. The highest BCUT2D eigenvalue weighted by Crippen LogP contribution is 2.31. The smallest absolute Gasteiger partial charge is 0.337 e. The summed E-state index contributed by atoms with van der Waals surface area (Å²) in [6.45, 7) is 3.51. The Hall–Kier alpha value is -4.23. The second-order valence-corrected chi connectivity index (χ2v) is 8.90. The number of hydrogen-bond donors (Lipinski definition) is 2. The Morgan fingerprint density at radius 2 is 1.78 bits per heavy atom. The maximum absolute atomic E-state index is 11.9. The molecular weight excluding hydrogens is 468 g/mol. The molecule has 2 N–H and O–H groups in total. The van der Waals surface area contributed by atoms with E-state index in [0.29, 0.717) is 51.0 Å². The molecule has 7 heteroatoms. The molecule has 4 aromatic carbocycles. The minimum Gasteiger partial charge on any atom is -0.493 e. The number of methoxy groups -OCH3 is 1. The Balaban J connectivity index is 1.27. The maximum atomic E-state index is 11.9. The van der Waals surface area contributed by atoms with Crippen LogP contribution in [0.2, 0.25) is 0 Å². The first-order chi connectivity index (χ1) is 18.1. The van der Waals surface area contributed by atoms with Crippen LogP contribution in [0, 0.1) is 0 Å². The molecule has 4 aromatic rings. The molecule has 0 bridgehead atoms. The number of carboxylic acids is 1. The molecule has 0 saturated carbocycles. The number of morpholine rings is 1. The summed E-state index contributed by atoms with van der Waals surface area (Å²) in [4.78, 5) is 14.0. The van der Waals surface area contributed by atoms with E-state index < -0.39 is 5.97 Å². The van der Waals surface area contributed by atoms with Crippen molar-refractivity contribution in [3.8, 4) is 11.5 Å². The number of benzene rings is 4. The van der Waals surface area contributed by atoms with Gasteiger partial charge in [-0.2, -0.15) is 0 Å². The number of carbonyl (C=O) groups is 1. The van der Waals surface area contributed by atoms with E-state index in [4.69, 9.17) is 14.2 Å². The van der Waals surface area contributed by atoms with Crippen LogP contribution in [0.15, 0.2) is 78.9 Å². The molecule has 190 valence electrons. The molecule has 0 radical (unpaired) electrons. The molecule has 7 nitrogen and oxygen atoms in total. The number of hydrogen-bond acceptors (Lipinski definition) is 6. The Labute approximate surface area is 216 Å². The molecule has 1 saturated heterocycles. The molecule has 5 rings (SSSR count). The van der Waals surface area contributed by atoms with E-state index in [2.05, 4.69) is 34.5 Å². The normalized spacial score (nSPS) is 13.4. The monoisotopic (exact) mass is 498 g/mol. The van der Waals surface area contributed by atoms with Gasteiger partial charge >= 0.3 is 5.97 Å². The quantitative estimate of drug-likeness (QED) is 0.312. The van der Waals surface area contributed by atoms with Crippen LogP contribution >= 0.6 is 0 Å². The third kappa shape index (κ3) is 5.62. The van der Waals surface area contributed by atoms with Crippen LogP contribution in [0.5, 0.6) is 11.5 Å². The molecule has 0 aliphatic carbocycles. The first-order valence-corrected chi connectivity index (χ1v) is 12.3. The SMILES string of the molecule is COc1cc(CNc2ccc(N3CCOCC3)c(C(=O)O)c2)ccc1OCc1cccc2ccccc12. The molecule has 0 amide bonds. The van der Waals surface area contributed by atoms with Crippen molar-refractivity contribution >= 4 is 28.1 Å². The molecular formula is C30H30N2O5. The summed E-state index contributed by atoms with van der Waals surface area (Å²) in [6.07, 6.45) is 0. The number of nitrogens with one attached hydrogen (secondary N) is 1. The molecule has 0 spiro atoms. The average molecular weight is 499 g/mol. The summed E-state index contributed by atoms with van der Waals surface area (Å²) in [5, 5.41) is 15.5. The molecule has 37 heavy (non-hydrogen) atoms. The van der Waals surface area contributed by atoms with Crippen LogP contribution in [0.3, 0.4) is 0 Å². The first kappa shape index (κ1) is 24.5. The number of carboxylic acid groups (broad SMARTS) is 1. The second-order valence-electron chi connectivity index (χ2n) is 8.90. The zero-order chi connectivity index (χ0) is 25.6. The first-order valence-electron chi connectivity index (χ1n) is 12.3. The second kappa shape index (κ2) is 11.2. The van der Waals surface area contributed by atoms with Crippen molar-refractivity contribution < 1.29 is 24.1 Å². The van der Waals surface area contributed by atoms with Crippen molar-refractivity contribution in [2.45, 2.75) is 13.2 Å². The fraction of sp³-hybridized carbons (Fsp3) is 0.233. The number of anilines is 2. The minimum absolute atomic E-state index is 0.279. The lowest BCUT2D eigenvalue weighted by Gasteiger charge is -2.30. The molecule has 0 unspecified atom stereocenters.